The van der Waals surface area contributed by atoms with Gasteiger partial charge in [-0.2, -0.15) is 5.26 Å². The van der Waals surface area contributed by atoms with Crippen LogP contribution in [0.1, 0.15) is 0 Å². The highest BCUT2D eigenvalue weighted by Crippen LogP contribution is 2.15. The first-order chi connectivity index (χ1) is 10.2. The molecule has 0 saturated carbocycles. The van der Waals surface area contributed by atoms with Crippen LogP contribution in [0.2, 0.25) is 0 Å². The highest BCUT2D eigenvalue weighted by Gasteiger charge is 2.21. The number of aromatic nitrogens is 1. The van der Waals surface area contributed by atoms with Crippen molar-refractivity contribution in [2.24, 2.45) is 5.73 Å². The van der Waals surface area contributed by atoms with Gasteiger partial charge in [-0.3, -0.25) is 0 Å². The highest BCUT2D eigenvalue weighted by molar-refractivity contribution is 7.80. The summed E-state index contributed by atoms with van der Waals surface area (Å²) >= 11 is 5.10. The lowest BCUT2D eigenvalue weighted by Gasteiger charge is -2.37. The second-order valence-corrected chi connectivity index (χ2v) is 5.02. The Bertz CT molecular complexity index is 569. The van der Waals surface area contributed by atoms with Crippen molar-refractivity contribution in [1.29, 1.82) is 5.26 Å². The molecule has 0 spiro atoms. The molecule has 1 aromatic heterocycles. The van der Waals surface area contributed by atoms with Gasteiger partial charge in [0, 0.05) is 39.4 Å². The Labute approximate surface area is 129 Å². The molecule has 110 valence electrons. The van der Waals surface area contributed by atoms with Crippen molar-refractivity contribution in [3.8, 4) is 6.07 Å². The van der Waals surface area contributed by atoms with Crippen LogP contribution in [-0.2, 0) is 0 Å². The van der Waals surface area contributed by atoms with Crippen LogP contribution < -0.4 is 16.0 Å². The third-order valence-corrected chi connectivity index (χ3v) is 3.82. The van der Waals surface area contributed by atoms with Crippen molar-refractivity contribution in [2.75, 3.05) is 38.1 Å². The first-order valence-electron chi connectivity index (χ1n) is 6.70. The van der Waals surface area contributed by atoms with Crippen LogP contribution in [0.25, 0.3) is 0 Å². The second kappa shape index (κ2) is 6.90. The average molecular weight is 302 g/mol. The van der Waals surface area contributed by atoms with Crippen LogP contribution >= 0.6 is 12.2 Å². The van der Waals surface area contributed by atoms with Gasteiger partial charge in [-0.25, -0.2) is 4.98 Å². The fourth-order valence-electron chi connectivity index (χ4n) is 2.22. The maximum Gasteiger partial charge on any atom is 0.128 e. The van der Waals surface area contributed by atoms with Crippen molar-refractivity contribution in [3.05, 3.63) is 35.8 Å². The maximum atomic E-state index is 9.20. The molecule has 2 heterocycles. The Morgan fingerprint density at radius 3 is 2.62 bits per heavy atom. The van der Waals surface area contributed by atoms with E-state index in [4.69, 9.17) is 18.0 Å². The summed E-state index contributed by atoms with van der Waals surface area (Å²) in [5, 5.41) is 12.0. The van der Waals surface area contributed by atoms with E-state index in [0.29, 0.717) is 16.4 Å². The number of nitrogens with one attached hydrogen (secondary N) is 1. The normalized spacial score (nSPS) is 16.0. The van der Waals surface area contributed by atoms with Gasteiger partial charge in [0.25, 0.3) is 0 Å². The standard InChI is InChI=1S/C14H18N6S/c1-17-14(21)11(10-15)13(16)20-8-6-19(7-9-20)12-4-2-3-5-18-12/h2-5H,6-9,16H2,1H3,(H,17,21)/b13-11-. The molecule has 0 aromatic carbocycles. The van der Waals surface area contributed by atoms with Gasteiger partial charge in [-0.05, 0) is 12.1 Å². The van der Waals surface area contributed by atoms with Crippen molar-refractivity contribution in [2.45, 2.75) is 0 Å². The van der Waals surface area contributed by atoms with Gasteiger partial charge in [-0.1, -0.05) is 18.3 Å². The molecular formula is C14H18N6S. The summed E-state index contributed by atoms with van der Waals surface area (Å²) in [5.41, 5.74) is 6.42. The molecule has 0 radical (unpaired) electrons. The van der Waals surface area contributed by atoms with Crippen LogP contribution in [0.4, 0.5) is 5.82 Å². The Kier molecular flexibility index (Phi) is 4.95. The number of nitrogens with two attached hydrogens (primary N) is 1. The SMILES string of the molecule is CNC(=S)/C(C#N)=C(/N)N1CCN(c2ccccn2)CC1. The summed E-state index contributed by atoms with van der Waals surface area (Å²) in [4.78, 5) is 8.91. The molecule has 1 aliphatic rings. The molecule has 21 heavy (non-hydrogen) atoms. The number of hydrogen-bond donors (Lipinski definition) is 2. The maximum absolute atomic E-state index is 9.20. The number of piperazine rings is 1. The predicted octanol–water partition coefficient (Wildman–Crippen LogP) is 0.444. The van der Waals surface area contributed by atoms with Crippen LogP contribution in [0.3, 0.4) is 0 Å². The fourth-order valence-corrected chi connectivity index (χ4v) is 2.37. The van der Waals surface area contributed by atoms with E-state index in [9.17, 15) is 5.26 Å². The van der Waals surface area contributed by atoms with E-state index in [-0.39, 0.29) is 0 Å². The van der Waals surface area contributed by atoms with E-state index in [1.807, 2.05) is 23.1 Å². The number of nitrogens with zero attached hydrogens (tertiary/aromatic N) is 4. The van der Waals surface area contributed by atoms with Gasteiger partial charge < -0.3 is 20.9 Å². The van der Waals surface area contributed by atoms with Gasteiger partial charge in [0.2, 0.25) is 0 Å². The molecule has 0 unspecified atom stereocenters. The van der Waals surface area contributed by atoms with E-state index in [0.717, 1.165) is 32.0 Å². The quantitative estimate of drug-likeness (QED) is 0.476. The Morgan fingerprint density at radius 1 is 1.38 bits per heavy atom. The van der Waals surface area contributed by atoms with Crippen molar-refractivity contribution in [3.63, 3.8) is 0 Å². The minimum Gasteiger partial charge on any atom is -0.384 e. The third-order valence-electron chi connectivity index (χ3n) is 3.42. The molecule has 0 bridgehead atoms. The molecule has 2 rings (SSSR count). The summed E-state index contributed by atoms with van der Waals surface area (Å²) in [6.07, 6.45) is 1.79. The summed E-state index contributed by atoms with van der Waals surface area (Å²) in [6.45, 7) is 3.09. The molecule has 6 nitrogen and oxygen atoms in total. The zero-order chi connectivity index (χ0) is 15.2. The molecule has 1 fully saturated rings. The highest BCUT2D eigenvalue weighted by atomic mass is 32.1. The van der Waals surface area contributed by atoms with Crippen LogP contribution in [0.5, 0.6) is 0 Å². The van der Waals surface area contributed by atoms with Gasteiger partial charge in [0.1, 0.15) is 28.3 Å². The number of likely N-dealkylation sites (N-methyl/N-ethyl adjacent to an activating group) is 1. The lowest BCUT2D eigenvalue weighted by atomic mass is 10.2. The smallest absolute Gasteiger partial charge is 0.128 e. The molecule has 0 amide bonds. The van der Waals surface area contributed by atoms with Crippen molar-refractivity contribution >= 4 is 23.0 Å². The fraction of sp³-hybridized carbons (Fsp3) is 0.357. The van der Waals surface area contributed by atoms with Crippen LogP contribution in [0, 0.1) is 11.3 Å². The molecule has 0 atom stereocenters. The van der Waals surface area contributed by atoms with Crippen LogP contribution in [-0.4, -0.2) is 48.1 Å². The number of nitriles is 1. The molecule has 1 aromatic rings. The van der Waals surface area contributed by atoms with Crippen molar-refractivity contribution < 1.29 is 0 Å². The molecule has 0 aliphatic carbocycles. The number of rotatable bonds is 3. The Hall–Kier alpha value is -2.33. The third kappa shape index (κ3) is 3.41. The lowest BCUT2D eigenvalue weighted by Crippen LogP contribution is -2.48. The summed E-state index contributed by atoms with van der Waals surface area (Å²) in [5.74, 6) is 1.41. The van der Waals surface area contributed by atoms with Gasteiger partial charge >= 0.3 is 0 Å². The number of hydrogen-bond acceptors (Lipinski definition) is 6. The first kappa shape index (κ1) is 15.1. The van der Waals surface area contributed by atoms with Gasteiger partial charge in [0.15, 0.2) is 0 Å². The van der Waals surface area contributed by atoms with Crippen LogP contribution in [0.15, 0.2) is 35.8 Å². The summed E-state index contributed by atoms with van der Waals surface area (Å²) in [6, 6.07) is 7.94. The van der Waals surface area contributed by atoms with E-state index in [2.05, 4.69) is 21.3 Å². The van der Waals surface area contributed by atoms with E-state index < -0.39 is 0 Å². The number of thiocarbonyl (C=S) groups is 1. The molecule has 7 heteroatoms. The predicted molar refractivity (Wildman–Crippen MR) is 86.5 cm³/mol. The Balaban J connectivity index is 2.05. The van der Waals surface area contributed by atoms with E-state index in [1.165, 1.54) is 0 Å². The van der Waals surface area contributed by atoms with E-state index >= 15 is 0 Å². The zero-order valence-corrected chi connectivity index (χ0v) is 12.7. The number of pyridine rings is 1. The van der Waals surface area contributed by atoms with Gasteiger partial charge in [-0.15, -0.1) is 0 Å². The molecule has 1 saturated heterocycles. The summed E-state index contributed by atoms with van der Waals surface area (Å²) in [7, 11) is 1.69. The van der Waals surface area contributed by atoms with E-state index in [1.54, 1.807) is 13.2 Å². The zero-order valence-electron chi connectivity index (χ0n) is 11.9. The lowest BCUT2D eigenvalue weighted by molar-refractivity contribution is 0.316. The molecule has 3 N–H and O–H groups in total. The minimum atomic E-state index is 0.332. The average Bonchev–Trinajstić information content (AvgIpc) is 2.56. The van der Waals surface area contributed by atoms with Crippen molar-refractivity contribution in [1.82, 2.24) is 15.2 Å². The summed E-state index contributed by atoms with van der Waals surface area (Å²) < 4.78 is 0. The Morgan fingerprint density at radius 2 is 2.10 bits per heavy atom. The number of anilines is 1. The molecular weight excluding hydrogens is 284 g/mol. The topological polar surface area (TPSA) is 81.2 Å². The second-order valence-electron chi connectivity index (χ2n) is 4.61. The monoisotopic (exact) mass is 302 g/mol. The van der Waals surface area contributed by atoms with Gasteiger partial charge in [0.05, 0.1) is 0 Å². The first-order valence-corrected chi connectivity index (χ1v) is 7.11. The molecule has 1 aliphatic heterocycles. The largest absolute Gasteiger partial charge is 0.384 e. The minimum absolute atomic E-state index is 0.332.